The Hall–Kier alpha value is 0.310. The van der Waals surface area contributed by atoms with Gasteiger partial charge in [0, 0.05) is 4.75 Å². The summed E-state index contributed by atoms with van der Waals surface area (Å²) in [6, 6.07) is 0. The van der Waals surface area contributed by atoms with Crippen LogP contribution in [0.3, 0.4) is 0 Å². The van der Waals surface area contributed by atoms with E-state index in [0.717, 1.165) is 13.0 Å². The summed E-state index contributed by atoms with van der Waals surface area (Å²) in [6.07, 6.45) is 1.13. The Morgan fingerprint density at radius 2 is 2.33 bits per heavy atom. The van der Waals surface area contributed by atoms with Crippen LogP contribution in [-0.2, 0) is 4.74 Å². The number of thioether (sulfide) groups is 1. The van der Waals surface area contributed by atoms with Gasteiger partial charge >= 0.3 is 0 Å². The highest BCUT2D eigenvalue weighted by atomic mass is 32.2. The molecule has 1 unspecified atom stereocenters. The first-order chi connectivity index (χ1) is 4.14. The standard InChI is InChI=1S/C7H14OS/c1-4-6-8-5-7(2,3)9-6/h6H,4-5H2,1-3H3. The van der Waals surface area contributed by atoms with Crippen LogP contribution in [-0.4, -0.2) is 16.8 Å². The lowest BCUT2D eigenvalue weighted by Crippen LogP contribution is -2.13. The molecule has 0 radical (unpaired) electrons. The summed E-state index contributed by atoms with van der Waals surface area (Å²) in [5.41, 5.74) is 0.458. The zero-order chi connectivity index (χ0) is 6.91. The van der Waals surface area contributed by atoms with E-state index < -0.39 is 0 Å². The molecule has 0 saturated carbocycles. The molecule has 1 aliphatic rings. The van der Waals surface area contributed by atoms with E-state index in [2.05, 4.69) is 20.8 Å². The average molecular weight is 146 g/mol. The van der Waals surface area contributed by atoms with Gasteiger partial charge in [0.05, 0.1) is 6.61 Å². The van der Waals surface area contributed by atoms with Crippen molar-refractivity contribution in [2.45, 2.75) is 37.4 Å². The molecule has 1 saturated heterocycles. The maximum atomic E-state index is 5.48. The molecule has 0 amide bonds. The van der Waals surface area contributed by atoms with Gasteiger partial charge in [0.1, 0.15) is 5.44 Å². The molecular weight excluding hydrogens is 132 g/mol. The fourth-order valence-corrected chi connectivity index (χ4v) is 2.07. The largest absolute Gasteiger partial charge is 0.366 e. The molecular formula is C7H14OS. The smallest absolute Gasteiger partial charge is 0.103 e. The van der Waals surface area contributed by atoms with Crippen LogP contribution in [0.5, 0.6) is 0 Å². The monoisotopic (exact) mass is 146 g/mol. The summed E-state index contributed by atoms with van der Waals surface area (Å²) in [7, 11) is 0. The minimum atomic E-state index is 0.362. The third-order valence-electron chi connectivity index (χ3n) is 1.40. The molecule has 1 nitrogen and oxygen atoms in total. The normalized spacial score (nSPS) is 33.0. The third kappa shape index (κ3) is 1.87. The molecule has 0 spiro atoms. The number of rotatable bonds is 1. The second-order valence-corrected chi connectivity index (χ2v) is 4.89. The molecule has 1 rings (SSSR count). The van der Waals surface area contributed by atoms with Crippen LogP contribution >= 0.6 is 11.8 Å². The molecule has 1 aliphatic heterocycles. The van der Waals surface area contributed by atoms with Gasteiger partial charge in [-0.25, -0.2) is 0 Å². The van der Waals surface area contributed by atoms with Gasteiger partial charge in [0.15, 0.2) is 0 Å². The molecule has 1 fully saturated rings. The van der Waals surface area contributed by atoms with Crippen molar-refractivity contribution in [2.24, 2.45) is 0 Å². The fourth-order valence-electron chi connectivity index (χ4n) is 0.919. The Balaban J connectivity index is 2.38. The minimum absolute atomic E-state index is 0.362. The first-order valence-corrected chi connectivity index (χ1v) is 4.31. The summed E-state index contributed by atoms with van der Waals surface area (Å²) < 4.78 is 5.84. The summed E-state index contributed by atoms with van der Waals surface area (Å²) in [5, 5.41) is 0. The average Bonchev–Trinajstić information content (AvgIpc) is 2.10. The Bertz CT molecular complexity index is 101. The van der Waals surface area contributed by atoms with E-state index in [1.807, 2.05) is 11.8 Å². The van der Waals surface area contributed by atoms with Crippen molar-refractivity contribution in [1.29, 1.82) is 0 Å². The quantitative estimate of drug-likeness (QED) is 0.561. The van der Waals surface area contributed by atoms with Gasteiger partial charge in [0.2, 0.25) is 0 Å². The van der Waals surface area contributed by atoms with E-state index in [1.165, 1.54) is 0 Å². The van der Waals surface area contributed by atoms with Crippen LogP contribution in [0.2, 0.25) is 0 Å². The molecule has 0 aliphatic carbocycles. The van der Waals surface area contributed by atoms with E-state index in [4.69, 9.17) is 4.74 Å². The highest BCUT2D eigenvalue weighted by Crippen LogP contribution is 2.37. The van der Waals surface area contributed by atoms with Crippen LogP contribution in [0.15, 0.2) is 0 Å². The van der Waals surface area contributed by atoms with Crippen molar-refractivity contribution in [3.8, 4) is 0 Å². The second-order valence-electron chi connectivity index (χ2n) is 3.03. The third-order valence-corrected chi connectivity index (χ3v) is 2.89. The zero-order valence-electron chi connectivity index (χ0n) is 6.31. The molecule has 0 N–H and O–H groups in total. The summed E-state index contributed by atoms with van der Waals surface area (Å²) in [5.74, 6) is 0. The second kappa shape index (κ2) is 2.51. The Morgan fingerprint density at radius 1 is 1.67 bits per heavy atom. The predicted octanol–water partition coefficient (Wildman–Crippen LogP) is 2.26. The molecule has 0 aromatic heterocycles. The summed E-state index contributed by atoms with van der Waals surface area (Å²) in [6.45, 7) is 7.54. The maximum Gasteiger partial charge on any atom is 0.103 e. The molecule has 1 heterocycles. The number of ether oxygens (including phenoxy) is 1. The van der Waals surface area contributed by atoms with E-state index in [-0.39, 0.29) is 0 Å². The summed E-state index contributed by atoms with van der Waals surface area (Å²) in [4.78, 5) is 0. The molecule has 0 bridgehead atoms. The van der Waals surface area contributed by atoms with Crippen molar-refractivity contribution in [1.82, 2.24) is 0 Å². The lowest BCUT2D eigenvalue weighted by Gasteiger charge is -2.12. The first kappa shape index (κ1) is 7.42. The van der Waals surface area contributed by atoms with Gasteiger partial charge in [-0.3, -0.25) is 0 Å². The van der Waals surface area contributed by atoms with Crippen molar-refractivity contribution in [3.63, 3.8) is 0 Å². The van der Waals surface area contributed by atoms with E-state index in [9.17, 15) is 0 Å². The predicted molar refractivity (Wildman–Crippen MR) is 41.7 cm³/mol. The van der Waals surface area contributed by atoms with Crippen LogP contribution < -0.4 is 0 Å². The van der Waals surface area contributed by atoms with Gasteiger partial charge in [0.25, 0.3) is 0 Å². The van der Waals surface area contributed by atoms with Crippen LogP contribution in [0.1, 0.15) is 27.2 Å². The van der Waals surface area contributed by atoms with Crippen LogP contribution in [0, 0.1) is 0 Å². The lowest BCUT2D eigenvalue weighted by atomic mass is 10.2. The van der Waals surface area contributed by atoms with Gasteiger partial charge in [-0.05, 0) is 20.3 Å². The molecule has 0 aromatic carbocycles. The first-order valence-electron chi connectivity index (χ1n) is 3.43. The maximum absolute atomic E-state index is 5.48. The highest BCUT2D eigenvalue weighted by Gasteiger charge is 2.31. The van der Waals surface area contributed by atoms with Gasteiger partial charge in [-0.15, -0.1) is 11.8 Å². The molecule has 0 aromatic rings. The highest BCUT2D eigenvalue weighted by molar-refractivity contribution is 8.01. The summed E-state index contributed by atoms with van der Waals surface area (Å²) >= 11 is 1.95. The fraction of sp³-hybridized carbons (Fsp3) is 1.00. The van der Waals surface area contributed by atoms with E-state index >= 15 is 0 Å². The van der Waals surface area contributed by atoms with E-state index in [1.54, 1.807) is 0 Å². The van der Waals surface area contributed by atoms with Gasteiger partial charge < -0.3 is 4.74 Å². The van der Waals surface area contributed by atoms with E-state index in [0.29, 0.717) is 10.2 Å². The van der Waals surface area contributed by atoms with Crippen molar-refractivity contribution in [3.05, 3.63) is 0 Å². The zero-order valence-corrected chi connectivity index (χ0v) is 7.12. The van der Waals surface area contributed by atoms with Crippen molar-refractivity contribution >= 4 is 11.8 Å². The van der Waals surface area contributed by atoms with Gasteiger partial charge in [-0.1, -0.05) is 6.92 Å². The number of hydrogen-bond acceptors (Lipinski definition) is 2. The lowest BCUT2D eigenvalue weighted by molar-refractivity contribution is 0.120. The Labute approximate surface area is 61.2 Å². The van der Waals surface area contributed by atoms with Gasteiger partial charge in [-0.2, -0.15) is 0 Å². The number of hydrogen-bond donors (Lipinski definition) is 0. The molecule has 54 valence electrons. The Kier molecular flexibility index (Phi) is 2.07. The Morgan fingerprint density at radius 3 is 2.56 bits per heavy atom. The minimum Gasteiger partial charge on any atom is -0.366 e. The van der Waals surface area contributed by atoms with Crippen LogP contribution in [0.4, 0.5) is 0 Å². The molecule has 1 atom stereocenters. The van der Waals surface area contributed by atoms with Crippen LogP contribution in [0.25, 0.3) is 0 Å². The topological polar surface area (TPSA) is 9.23 Å². The molecule has 2 heteroatoms. The SMILES string of the molecule is CCC1OCC(C)(C)S1. The molecule has 9 heavy (non-hydrogen) atoms. The van der Waals surface area contributed by atoms with Crippen molar-refractivity contribution in [2.75, 3.05) is 6.61 Å². The van der Waals surface area contributed by atoms with Crippen molar-refractivity contribution < 1.29 is 4.74 Å².